The number of fused-ring (bicyclic) bond motifs is 2. The van der Waals surface area contributed by atoms with Gasteiger partial charge in [0.15, 0.2) is 0 Å². The fourth-order valence-electron chi connectivity index (χ4n) is 3.76. The molecule has 4 heteroatoms. The van der Waals surface area contributed by atoms with E-state index in [2.05, 4.69) is 20.9 Å². The summed E-state index contributed by atoms with van der Waals surface area (Å²) in [5, 5.41) is 0. The third-order valence-electron chi connectivity index (χ3n) is 4.70. The Balaban J connectivity index is 1.66. The van der Waals surface area contributed by atoms with Crippen LogP contribution in [0, 0.1) is 17.8 Å². The van der Waals surface area contributed by atoms with Gasteiger partial charge in [0, 0.05) is 24.3 Å². The van der Waals surface area contributed by atoms with Crippen molar-refractivity contribution in [1.82, 2.24) is 9.88 Å². The van der Waals surface area contributed by atoms with Crippen molar-refractivity contribution in [3.05, 3.63) is 28.5 Å². The van der Waals surface area contributed by atoms with Crippen LogP contribution in [0.15, 0.2) is 22.8 Å². The molecule has 2 bridgehead atoms. The van der Waals surface area contributed by atoms with Gasteiger partial charge in [0.05, 0.1) is 0 Å². The van der Waals surface area contributed by atoms with Crippen LogP contribution in [0.5, 0.6) is 0 Å². The van der Waals surface area contributed by atoms with Crippen molar-refractivity contribution >= 4 is 21.8 Å². The molecule has 1 aromatic rings. The first kappa shape index (κ1) is 13.1. The second-order valence-corrected chi connectivity index (χ2v) is 6.81. The second-order valence-electron chi connectivity index (χ2n) is 5.95. The van der Waals surface area contributed by atoms with E-state index in [1.807, 2.05) is 24.1 Å². The first-order chi connectivity index (χ1) is 9.15. The standard InChI is InChI=1S/C15H19BrN2O/c1-18(9-12-8-10-4-5-11(12)7-10)15(19)14-13(16)3-2-6-17-14/h2-3,6,10-12H,4-5,7-9H2,1H3. The van der Waals surface area contributed by atoms with Gasteiger partial charge < -0.3 is 4.90 Å². The van der Waals surface area contributed by atoms with Crippen LogP contribution in [0.4, 0.5) is 0 Å². The zero-order chi connectivity index (χ0) is 13.4. The molecule has 0 radical (unpaired) electrons. The molecule has 2 aliphatic carbocycles. The Morgan fingerprint density at radius 3 is 2.95 bits per heavy atom. The minimum Gasteiger partial charge on any atom is -0.340 e. The Kier molecular flexibility index (Phi) is 3.61. The Hall–Kier alpha value is -0.900. The molecule has 0 saturated heterocycles. The Bertz CT molecular complexity index is 491. The zero-order valence-corrected chi connectivity index (χ0v) is 12.8. The van der Waals surface area contributed by atoms with Gasteiger partial charge in [-0.1, -0.05) is 6.42 Å². The first-order valence-corrected chi connectivity index (χ1v) is 7.80. The molecule has 3 atom stereocenters. The number of aromatic nitrogens is 1. The molecule has 102 valence electrons. The van der Waals surface area contributed by atoms with Gasteiger partial charge >= 0.3 is 0 Å². The maximum atomic E-state index is 12.4. The fourth-order valence-corrected chi connectivity index (χ4v) is 4.18. The molecule has 0 spiro atoms. The molecular formula is C15H19BrN2O. The van der Waals surface area contributed by atoms with E-state index in [9.17, 15) is 4.79 Å². The highest BCUT2D eigenvalue weighted by Crippen LogP contribution is 2.48. The molecule has 1 aromatic heterocycles. The Labute approximate surface area is 122 Å². The van der Waals surface area contributed by atoms with Crippen molar-refractivity contribution in [2.45, 2.75) is 25.7 Å². The number of nitrogens with zero attached hydrogens (tertiary/aromatic N) is 2. The van der Waals surface area contributed by atoms with Gasteiger partial charge in [-0.25, -0.2) is 4.98 Å². The van der Waals surface area contributed by atoms with E-state index in [-0.39, 0.29) is 5.91 Å². The molecule has 3 rings (SSSR count). The van der Waals surface area contributed by atoms with Gasteiger partial charge in [0.2, 0.25) is 0 Å². The van der Waals surface area contributed by atoms with Crippen LogP contribution >= 0.6 is 15.9 Å². The smallest absolute Gasteiger partial charge is 0.273 e. The van der Waals surface area contributed by atoms with Crippen molar-refractivity contribution in [1.29, 1.82) is 0 Å². The molecule has 1 heterocycles. The summed E-state index contributed by atoms with van der Waals surface area (Å²) in [5.74, 6) is 2.51. The van der Waals surface area contributed by atoms with Crippen molar-refractivity contribution in [2.24, 2.45) is 17.8 Å². The van der Waals surface area contributed by atoms with Crippen LogP contribution in [-0.2, 0) is 0 Å². The molecule has 3 unspecified atom stereocenters. The molecule has 0 aromatic carbocycles. The number of hydrogen-bond acceptors (Lipinski definition) is 2. The lowest BCUT2D eigenvalue weighted by Gasteiger charge is -2.27. The normalized spacial score (nSPS) is 28.6. The van der Waals surface area contributed by atoms with Gasteiger partial charge in [-0.3, -0.25) is 4.79 Å². The molecule has 2 saturated carbocycles. The summed E-state index contributed by atoms with van der Waals surface area (Å²) in [6.45, 7) is 0.878. The largest absolute Gasteiger partial charge is 0.340 e. The van der Waals surface area contributed by atoms with E-state index in [1.165, 1.54) is 25.7 Å². The van der Waals surface area contributed by atoms with Crippen LogP contribution in [0.25, 0.3) is 0 Å². The SMILES string of the molecule is CN(CC1CC2CCC1C2)C(=O)c1ncccc1Br. The third kappa shape index (κ3) is 2.55. The molecule has 19 heavy (non-hydrogen) atoms. The van der Waals surface area contributed by atoms with E-state index < -0.39 is 0 Å². The van der Waals surface area contributed by atoms with Crippen molar-refractivity contribution < 1.29 is 4.79 Å². The van der Waals surface area contributed by atoms with E-state index >= 15 is 0 Å². The van der Waals surface area contributed by atoms with Crippen LogP contribution in [0.3, 0.4) is 0 Å². The number of amides is 1. The predicted octanol–water partition coefficient (Wildman–Crippen LogP) is 3.35. The molecule has 3 nitrogen and oxygen atoms in total. The van der Waals surface area contributed by atoms with Gasteiger partial charge in [-0.15, -0.1) is 0 Å². The van der Waals surface area contributed by atoms with E-state index in [1.54, 1.807) is 6.20 Å². The zero-order valence-electron chi connectivity index (χ0n) is 11.2. The summed E-state index contributed by atoms with van der Waals surface area (Å²) in [6.07, 6.45) is 7.14. The first-order valence-electron chi connectivity index (χ1n) is 7.01. The van der Waals surface area contributed by atoms with Crippen molar-refractivity contribution in [2.75, 3.05) is 13.6 Å². The Morgan fingerprint density at radius 2 is 2.32 bits per heavy atom. The van der Waals surface area contributed by atoms with Gasteiger partial charge in [0.25, 0.3) is 5.91 Å². The summed E-state index contributed by atoms with van der Waals surface area (Å²) < 4.78 is 0.778. The molecular weight excluding hydrogens is 304 g/mol. The predicted molar refractivity (Wildman–Crippen MR) is 77.8 cm³/mol. The van der Waals surface area contributed by atoms with Gasteiger partial charge in [0.1, 0.15) is 5.69 Å². The van der Waals surface area contributed by atoms with Gasteiger partial charge in [-0.05, 0) is 65.1 Å². The van der Waals surface area contributed by atoms with Crippen LogP contribution in [-0.4, -0.2) is 29.4 Å². The summed E-state index contributed by atoms with van der Waals surface area (Å²) in [7, 11) is 1.90. The maximum Gasteiger partial charge on any atom is 0.273 e. The quantitative estimate of drug-likeness (QED) is 0.855. The lowest BCUT2D eigenvalue weighted by Crippen LogP contribution is -2.34. The fraction of sp³-hybridized carbons (Fsp3) is 0.600. The highest BCUT2D eigenvalue weighted by molar-refractivity contribution is 9.10. The molecule has 1 amide bonds. The number of hydrogen-bond donors (Lipinski definition) is 0. The minimum atomic E-state index is 0.0234. The lowest BCUT2D eigenvalue weighted by molar-refractivity contribution is 0.0747. The van der Waals surface area contributed by atoms with Crippen molar-refractivity contribution in [3.8, 4) is 0 Å². The summed E-state index contributed by atoms with van der Waals surface area (Å²) >= 11 is 3.40. The average molecular weight is 323 g/mol. The highest BCUT2D eigenvalue weighted by atomic mass is 79.9. The Morgan fingerprint density at radius 1 is 1.47 bits per heavy atom. The number of halogens is 1. The minimum absolute atomic E-state index is 0.0234. The van der Waals surface area contributed by atoms with Crippen LogP contribution in [0.1, 0.15) is 36.2 Å². The topological polar surface area (TPSA) is 33.2 Å². The monoisotopic (exact) mass is 322 g/mol. The van der Waals surface area contributed by atoms with Crippen molar-refractivity contribution in [3.63, 3.8) is 0 Å². The lowest BCUT2D eigenvalue weighted by atomic mass is 9.88. The number of carbonyl (C=O) groups is 1. The molecule has 0 N–H and O–H groups in total. The van der Waals surface area contributed by atoms with E-state index in [4.69, 9.17) is 0 Å². The summed E-state index contributed by atoms with van der Waals surface area (Å²) in [5.41, 5.74) is 0.521. The maximum absolute atomic E-state index is 12.4. The van der Waals surface area contributed by atoms with Gasteiger partial charge in [-0.2, -0.15) is 0 Å². The average Bonchev–Trinajstić information content (AvgIpc) is 3.00. The highest BCUT2D eigenvalue weighted by Gasteiger charge is 2.40. The second kappa shape index (κ2) is 5.23. The summed E-state index contributed by atoms with van der Waals surface area (Å²) in [4.78, 5) is 18.4. The van der Waals surface area contributed by atoms with E-state index in [0.29, 0.717) is 11.6 Å². The number of carbonyl (C=O) groups excluding carboxylic acids is 1. The molecule has 2 fully saturated rings. The number of pyridine rings is 1. The molecule has 0 aliphatic heterocycles. The van der Waals surface area contributed by atoms with E-state index in [0.717, 1.165) is 22.9 Å². The molecule has 2 aliphatic rings. The number of rotatable bonds is 3. The third-order valence-corrected chi connectivity index (χ3v) is 5.34. The summed E-state index contributed by atoms with van der Waals surface area (Å²) in [6, 6.07) is 3.70. The van der Waals surface area contributed by atoms with Crippen LogP contribution < -0.4 is 0 Å². The van der Waals surface area contributed by atoms with Crippen LogP contribution in [0.2, 0.25) is 0 Å².